The predicted molar refractivity (Wildman–Crippen MR) is 128 cm³/mol. The molecule has 9 nitrogen and oxygen atoms in total. The van der Waals surface area contributed by atoms with Crippen molar-refractivity contribution in [2.75, 3.05) is 17.5 Å². The maximum atomic E-state index is 13.4. The topological polar surface area (TPSA) is 125 Å². The van der Waals surface area contributed by atoms with Gasteiger partial charge in [-0.05, 0) is 48.9 Å². The van der Waals surface area contributed by atoms with Gasteiger partial charge in [0.05, 0.1) is 29.0 Å². The van der Waals surface area contributed by atoms with E-state index in [-0.39, 0.29) is 16.1 Å². The van der Waals surface area contributed by atoms with Gasteiger partial charge >= 0.3 is 5.97 Å². The number of aromatic carboxylic acids is 1. The zero-order valence-electron chi connectivity index (χ0n) is 18.3. The summed E-state index contributed by atoms with van der Waals surface area (Å²) in [5.74, 6) is -1.41. The first kappa shape index (κ1) is 24.5. The third-order valence-electron chi connectivity index (χ3n) is 4.61. The number of sulfonamides is 1. The number of amides is 1. The van der Waals surface area contributed by atoms with Crippen LogP contribution in [-0.4, -0.2) is 44.8 Å². The molecule has 0 spiro atoms. The zero-order chi connectivity index (χ0) is 24.6. The number of carbonyl (C=O) groups is 2. The van der Waals surface area contributed by atoms with Crippen LogP contribution >= 0.6 is 0 Å². The molecule has 0 radical (unpaired) electrons. The molecule has 3 rings (SSSR count). The molecule has 34 heavy (non-hydrogen) atoms. The molecular formula is C24H23N3O6S. The van der Waals surface area contributed by atoms with Crippen molar-refractivity contribution in [3.05, 3.63) is 90.0 Å². The highest BCUT2D eigenvalue weighted by Crippen LogP contribution is 2.32. The number of hydrazone groups is 1. The SMILES string of the molecule is CCOc1ccccc1N(CC(=O)N/N=C\c1ccc(C(=O)O)cc1)S(=O)(=O)c1ccccc1. The van der Waals surface area contributed by atoms with E-state index in [1.807, 2.05) is 0 Å². The highest BCUT2D eigenvalue weighted by Gasteiger charge is 2.29. The van der Waals surface area contributed by atoms with Crippen LogP contribution < -0.4 is 14.5 Å². The van der Waals surface area contributed by atoms with Crippen LogP contribution in [0.25, 0.3) is 0 Å². The Labute approximate surface area is 197 Å². The van der Waals surface area contributed by atoms with Crippen LogP contribution in [0.5, 0.6) is 5.75 Å². The first-order chi connectivity index (χ1) is 16.3. The van der Waals surface area contributed by atoms with Crippen molar-refractivity contribution in [1.82, 2.24) is 5.43 Å². The maximum absolute atomic E-state index is 13.4. The van der Waals surface area contributed by atoms with Gasteiger partial charge in [0, 0.05) is 0 Å². The Bertz CT molecular complexity index is 1280. The van der Waals surface area contributed by atoms with Crippen molar-refractivity contribution in [2.24, 2.45) is 5.10 Å². The van der Waals surface area contributed by atoms with E-state index in [2.05, 4.69) is 10.5 Å². The second kappa shape index (κ2) is 11.1. The molecule has 3 aromatic carbocycles. The van der Waals surface area contributed by atoms with Gasteiger partial charge in [-0.3, -0.25) is 9.10 Å². The second-order valence-corrected chi connectivity index (χ2v) is 8.81. The van der Waals surface area contributed by atoms with Crippen molar-refractivity contribution in [3.63, 3.8) is 0 Å². The van der Waals surface area contributed by atoms with E-state index in [1.54, 1.807) is 49.4 Å². The number of carboxylic acid groups (broad SMARTS) is 1. The number of ether oxygens (including phenoxy) is 1. The molecule has 0 heterocycles. The number of nitrogens with zero attached hydrogens (tertiary/aromatic N) is 2. The number of nitrogens with one attached hydrogen (secondary N) is 1. The van der Waals surface area contributed by atoms with Crippen LogP contribution in [0.4, 0.5) is 5.69 Å². The van der Waals surface area contributed by atoms with Gasteiger partial charge in [-0.15, -0.1) is 0 Å². The van der Waals surface area contributed by atoms with Crippen LogP contribution in [-0.2, 0) is 14.8 Å². The largest absolute Gasteiger partial charge is 0.492 e. The smallest absolute Gasteiger partial charge is 0.335 e. The molecule has 0 aliphatic rings. The number of hydrogen-bond acceptors (Lipinski definition) is 6. The predicted octanol–water partition coefficient (Wildman–Crippen LogP) is 3.13. The first-order valence-corrected chi connectivity index (χ1v) is 11.7. The minimum absolute atomic E-state index is 0.0242. The van der Waals surface area contributed by atoms with E-state index < -0.39 is 28.4 Å². The number of anilines is 1. The van der Waals surface area contributed by atoms with Gasteiger partial charge in [-0.2, -0.15) is 5.10 Å². The van der Waals surface area contributed by atoms with Crippen molar-refractivity contribution < 1.29 is 27.9 Å². The number of rotatable bonds is 10. The van der Waals surface area contributed by atoms with E-state index in [0.717, 1.165) is 4.31 Å². The summed E-state index contributed by atoms with van der Waals surface area (Å²) in [6.45, 7) is 1.54. The molecule has 176 valence electrons. The quantitative estimate of drug-likeness (QED) is 0.339. The Morgan fingerprint density at radius 3 is 2.29 bits per heavy atom. The Morgan fingerprint density at radius 1 is 1.00 bits per heavy atom. The fourth-order valence-electron chi connectivity index (χ4n) is 3.02. The molecule has 0 aliphatic heterocycles. The molecule has 1 amide bonds. The lowest BCUT2D eigenvalue weighted by Gasteiger charge is -2.25. The van der Waals surface area contributed by atoms with E-state index in [0.29, 0.717) is 17.9 Å². The fraction of sp³-hybridized carbons (Fsp3) is 0.125. The van der Waals surface area contributed by atoms with Gasteiger partial charge in [0.15, 0.2) is 0 Å². The Hall–Kier alpha value is -4.18. The Kier molecular flexibility index (Phi) is 7.99. The van der Waals surface area contributed by atoms with Gasteiger partial charge in [-0.1, -0.05) is 42.5 Å². The van der Waals surface area contributed by atoms with Crippen molar-refractivity contribution >= 4 is 33.8 Å². The molecule has 0 saturated heterocycles. The third kappa shape index (κ3) is 5.99. The summed E-state index contributed by atoms with van der Waals surface area (Å²) in [6, 6.07) is 20.2. The number of hydrogen-bond donors (Lipinski definition) is 2. The fourth-order valence-corrected chi connectivity index (χ4v) is 4.47. The minimum atomic E-state index is -4.10. The molecule has 0 unspecified atom stereocenters. The summed E-state index contributed by atoms with van der Waals surface area (Å²) < 4.78 is 33.4. The van der Waals surface area contributed by atoms with Crippen molar-refractivity contribution in [2.45, 2.75) is 11.8 Å². The molecule has 3 aromatic rings. The molecule has 10 heteroatoms. The molecule has 0 fully saturated rings. The number of benzene rings is 3. The van der Waals surface area contributed by atoms with E-state index in [1.165, 1.54) is 42.6 Å². The van der Waals surface area contributed by atoms with Crippen LogP contribution in [0.15, 0.2) is 88.9 Å². The second-order valence-electron chi connectivity index (χ2n) is 6.95. The van der Waals surface area contributed by atoms with Crippen molar-refractivity contribution in [3.8, 4) is 5.75 Å². The van der Waals surface area contributed by atoms with E-state index in [4.69, 9.17) is 9.84 Å². The third-order valence-corrected chi connectivity index (χ3v) is 6.39. The van der Waals surface area contributed by atoms with Crippen LogP contribution in [0.1, 0.15) is 22.8 Å². The normalized spacial score (nSPS) is 11.2. The monoisotopic (exact) mass is 481 g/mol. The molecule has 0 atom stereocenters. The van der Waals surface area contributed by atoms with Crippen LogP contribution in [0.2, 0.25) is 0 Å². The highest BCUT2D eigenvalue weighted by atomic mass is 32.2. The molecular weight excluding hydrogens is 458 g/mol. The lowest BCUT2D eigenvalue weighted by molar-refractivity contribution is -0.119. The number of carboxylic acids is 1. The first-order valence-electron chi connectivity index (χ1n) is 10.3. The van der Waals surface area contributed by atoms with Gasteiger partial charge in [0.2, 0.25) is 0 Å². The van der Waals surface area contributed by atoms with Gasteiger partial charge in [0.1, 0.15) is 12.3 Å². The lowest BCUT2D eigenvalue weighted by atomic mass is 10.1. The number of para-hydroxylation sites is 2. The molecule has 0 saturated carbocycles. The van der Waals surface area contributed by atoms with Crippen LogP contribution in [0.3, 0.4) is 0 Å². The standard InChI is InChI=1S/C24H23N3O6S/c1-2-33-22-11-7-6-10-21(22)27(34(31,32)20-8-4-3-5-9-20)17-23(28)26-25-16-18-12-14-19(15-13-18)24(29)30/h3-16H,2,17H2,1H3,(H,26,28)(H,29,30)/b25-16-. The van der Waals surface area contributed by atoms with Crippen LogP contribution in [0, 0.1) is 0 Å². The van der Waals surface area contributed by atoms with Gasteiger partial charge < -0.3 is 9.84 Å². The van der Waals surface area contributed by atoms with E-state index in [9.17, 15) is 18.0 Å². The summed E-state index contributed by atoms with van der Waals surface area (Å²) in [7, 11) is -4.10. The summed E-state index contributed by atoms with van der Waals surface area (Å²) in [5.41, 5.74) is 3.21. The molecule has 0 bridgehead atoms. The summed E-state index contributed by atoms with van der Waals surface area (Å²) in [4.78, 5) is 23.6. The Morgan fingerprint density at radius 2 is 1.65 bits per heavy atom. The van der Waals surface area contributed by atoms with Gasteiger partial charge in [0.25, 0.3) is 15.9 Å². The number of carbonyl (C=O) groups excluding carboxylic acids is 1. The zero-order valence-corrected chi connectivity index (χ0v) is 19.1. The van der Waals surface area contributed by atoms with Crippen molar-refractivity contribution in [1.29, 1.82) is 0 Å². The Balaban J connectivity index is 1.84. The average molecular weight is 482 g/mol. The lowest BCUT2D eigenvalue weighted by Crippen LogP contribution is -2.39. The summed E-state index contributed by atoms with van der Waals surface area (Å²) >= 11 is 0. The summed E-state index contributed by atoms with van der Waals surface area (Å²) in [6.07, 6.45) is 1.33. The highest BCUT2D eigenvalue weighted by molar-refractivity contribution is 7.92. The summed E-state index contributed by atoms with van der Waals surface area (Å²) in [5, 5.41) is 12.8. The molecule has 2 N–H and O–H groups in total. The van der Waals surface area contributed by atoms with Gasteiger partial charge in [-0.25, -0.2) is 18.6 Å². The average Bonchev–Trinajstić information content (AvgIpc) is 2.84. The van der Waals surface area contributed by atoms with E-state index >= 15 is 0 Å². The molecule has 0 aromatic heterocycles. The maximum Gasteiger partial charge on any atom is 0.335 e. The minimum Gasteiger partial charge on any atom is -0.492 e. The molecule has 0 aliphatic carbocycles.